The van der Waals surface area contributed by atoms with E-state index in [0.29, 0.717) is 35.1 Å². The first-order chi connectivity index (χ1) is 15.0. The number of thiocarbonyl (C=S) groups is 1. The molecule has 0 bridgehead atoms. The van der Waals surface area contributed by atoms with Crippen LogP contribution < -0.4 is 5.32 Å². The van der Waals surface area contributed by atoms with Crippen molar-refractivity contribution in [3.63, 3.8) is 0 Å². The van der Waals surface area contributed by atoms with Gasteiger partial charge in [0.25, 0.3) is 0 Å². The Bertz CT molecular complexity index is 784. The van der Waals surface area contributed by atoms with Crippen LogP contribution in [0.25, 0.3) is 0 Å². The first-order valence-corrected chi connectivity index (χ1v) is 13.1. The highest BCUT2D eigenvalue weighted by molar-refractivity contribution is 7.80. The minimum Gasteiger partial charge on any atom is -0.481 e. The van der Waals surface area contributed by atoms with Gasteiger partial charge in [0.15, 0.2) is 0 Å². The summed E-state index contributed by atoms with van der Waals surface area (Å²) in [6, 6.07) is -0.123. The molecule has 5 nitrogen and oxygen atoms in total. The Kier molecular flexibility index (Phi) is 6.52. The average Bonchev–Trinajstić information content (AvgIpc) is 3.09. The molecule has 4 saturated carbocycles. The summed E-state index contributed by atoms with van der Waals surface area (Å²) in [5, 5.41) is 22.9. The van der Waals surface area contributed by atoms with Crippen LogP contribution in [-0.4, -0.2) is 39.6 Å². The molecule has 4 fully saturated rings. The monoisotopic (exact) mass is 463 g/mol. The number of Topliss-reactive ketones (excluding diaryl/α,β-unsaturated/α-hetero) is 1. The molecule has 9 atom stereocenters. The first kappa shape index (κ1) is 24.1. The van der Waals surface area contributed by atoms with Gasteiger partial charge < -0.3 is 15.5 Å². The predicted octanol–water partition coefficient (Wildman–Crippen LogP) is 4.46. The quantitative estimate of drug-likeness (QED) is 0.522. The molecule has 0 radical (unpaired) electrons. The van der Waals surface area contributed by atoms with Gasteiger partial charge in [0.2, 0.25) is 0 Å². The van der Waals surface area contributed by atoms with Crippen LogP contribution in [0.1, 0.15) is 79.1 Å². The summed E-state index contributed by atoms with van der Waals surface area (Å²) < 4.78 is 0. The first-order valence-electron chi connectivity index (χ1n) is 12.7. The van der Waals surface area contributed by atoms with Gasteiger partial charge in [-0.3, -0.25) is 9.59 Å². The molecule has 4 unspecified atom stereocenters. The topological polar surface area (TPSA) is 86.6 Å². The molecule has 6 heteroatoms. The Morgan fingerprint density at radius 2 is 1.81 bits per heavy atom. The van der Waals surface area contributed by atoms with Gasteiger partial charge >= 0.3 is 5.97 Å². The third kappa shape index (κ3) is 3.73. The lowest BCUT2D eigenvalue weighted by Gasteiger charge is -2.60. The highest BCUT2D eigenvalue weighted by atomic mass is 32.1. The summed E-state index contributed by atoms with van der Waals surface area (Å²) >= 11 is 5.73. The number of carboxylic acid groups (broad SMARTS) is 1. The van der Waals surface area contributed by atoms with Crippen LogP contribution in [0.2, 0.25) is 0 Å². The van der Waals surface area contributed by atoms with Gasteiger partial charge in [-0.2, -0.15) is 0 Å². The largest absolute Gasteiger partial charge is 0.481 e. The van der Waals surface area contributed by atoms with Crippen LogP contribution in [0.3, 0.4) is 0 Å². The van der Waals surface area contributed by atoms with Crippen molar-refractivity contribution in [2.45, 2.75) is 85.1 Å². The van der Waals surface area contributed by atoms with Crippen molar-refractivity contribution >= 4 is 29.0 Å². The molecule has 4 rings (SSSR count). The van der Waals surface area contributed by atoms with Crippen LogP contribution in [0.4, 0.5) is 0 Å². The summed E-state index contributed by atoms with van der Waals surface area (Å²) in [7, 11) is 0. The summed E-state index contributed by atoms with van der Waals surface area (Å²) in [6.45, 7) is 8.74. The molecular formula is C26H41NO4S. The third-order valence-electron chi connectivity index (χ3n) is 10.5. The predicted molar refractivity (Wildman–Crippen MR) is 128 cm³/mol. The molecule has 4 aliphatic carbocycles. The van der Waals surface area contributed by atoms with Gasteiger partial charge in [0.05, 0.1) is 29.5 Å². The van der Waals surface area contributed by atoms with Crippen molar-refractivity contribution in [3.8, 4) is 0 Å². The highest BCUT2D eigenvalue weighted by Gasteiger charge is 2.62. The lowest BCUT2D eigenvalue weighted by molar-refractivity contribution is -0.155. The van der Waals surface area contributed by atoms with Gasteiger partial charge in [-0.25, -0.2) is 0 Å². The summed E-state index contributed by atoms with van der Waals surface area (Å²) in [5.74, 6) is 1.42. The third-order valence-corrected chi connectivity index (χ3v) is 10.9. The van der Waals surface area contributed by atoms with E-state index in [9.17, 15) is 19.8 Å². The van der Waals surface area contributed by atoms with Crippen molar-refractivity contribution in [2.24, 2.45) is 52.3 Å². The van der Waals surface area contributed by atoms with Crippen molar-refractivity contribution in [3.05, 3.63) is 0 Å². The van der Waals surface area contributed by atoms with Gasteiger partial charge in [0.1, 0.15) is 5.78 Å². The van der Waals surface area contributed by atoms with Gasteiger partial charge in [-0.05, 0) is 85.4 Å². The maximum Gasteiger partial charge on any atom is 0.307 e. The second kappa shape index (κ2) is 8.65. The Hall–Kier alpha value is -1.01. The Morgan fingerprint density at radius 1 is 1.12 bits per heavy atom. The van der Waals surface area contributed by atoms with Crippen molar-refractivity contribution in [1.29, 1.82) is 0 Å². The van der Waals surface area contributed by atoms with Crippen molar-refractivity contribution < 1.29 is 19.8 Å². The van der Waals surface area contributed by atoms with Crippen LogP contribution in [0.5, 0.6) is 0 Å². The highest BCUT2D eigenvalue weighted by Crippen LogP contribution is 2.67. The smallest absolute Gasteiger partial charge is 0.307 e. The molecule has 0 saturated heterocycles. The lowest BCUT2D eigenvalue weighted by Crippen LogP contribution is -2.57. The number of hydrogen-bond acceptors (Lipinski definition) is 4. The molecule has 0 aromatic heterocycles. The van der Waals surface area contributed by atoms with Crippen molar-refractivity contribution in [2.75, 3.05) is 6.61 Å². The Balaban J connectivity index is 1.55. The standard InChI is InChI=1S/C26H41NO4S/c1-14(2)21(13-28)27-23(32)17-12-26(4)15(11-22(17)29)5-6-16-18-7-8-20(24(30)31)25(18,3)10-9-19(16)26/h14-21,28H,5-13H2,1-4H3,(H,27,32)(H,30,31)/t15?,16-,17?,18-,19-,20?,21?,25-,26-/m0/s1. The van der Waals surface area contributed by atoms with E-state index >= 15 is 0 Å². The van der Waals surface area contributed by atoms with E-state index in [2.05, 4.69) is 19.2 Å². The number of aliphatic hydroxyl groups excluding tert-OH is 1. The van der Waals surface area contributed by atoms with E-state index in [1.807, 2.05) is 13.8 Å². The zero-order valence-corrected chi connectivity index (χ0v) is 20.9. The SMILES string of the molecule is CC(C)C(CO)NC(=S)C1C[C@@]2(C)C(CC[C@@H]3[C@@H]2CC[C@]2(C)C(C(=O)O)CC[C@@H]32)CC1=O. The molecule has 0 aliphatic heterocycles. The van der Waals surface area contributed by atoms with E-state index < -0.39 is 5.97 Å². The van der Waals surface area contributed by atoms with Gasteiger partial charge in [-0.1, -0.05) is 39.9 Å². The molecular weight excluding hydrogens is 422 g/mol. The minimum absolute atomic E-state index is 0.00825. The lowest BCUT2D eigenvalue weighted by atomic mass is 9.44. The summed E-state index contributed by atoms with van der Waals surface area (Å²) in [4.78, 5) is 25.7. The average molecular weight is 464 g/mol. The summed E-state index contributed by atoms with van der Waals surface area (Å²) in [6.07, 6.45) is 7.52. The number of carbonyl (C=O) groups excluding carboxylic acids is 1. The fourth-order valence-corrected chi connectivity index (χ4v) is 8.84. The van der Waals surface area contributed by atoms with Crippen LogP contribution in [0, 0.1) is 52.3 Å². The Labute approximate surface area is 198 Å². The normalized spacial score (nSPS) is 44.4. The molecule has 0 spiro atoms. The molecule has 180 valence electrons. The fraction of sp³-hybridized carbons (Fsp3) is 0.885. The van der Waals surface area contributed by atoms with E-state index in [-0.39, 0.29) is 47.0 Å². The zero-order valence-electron chi connectivity index (χ0n) is 20.1. The summed E-state index contributed by atoms with van der Waals surface area (Å²) in [5.41, 5.74) is -0.00896. The number of fused-ring (bicyclic) bond motifs is 5. The zero-order chi connectivity index (χ0) is 23.4. The molecule has 0 heterocycles. The molecule has 0 amide bonds. The fourth-order valence-electron chi connectivity index (χ4n) is 8.48. The number of carboxylic acids is 1. The van der Waals surface area contributed by atoms with Gasteiger partial charge in [-0.15, -0.1) is 0 Å². The van der Waals surface area contributed by atoms with Crippen LogP contribution in [0.15, 0.2) is 0 Å². The second-order valence-electron chi connectivity index (χ2n) is 12.1. The van der Waals surface area contributed by atoms with E-state index in [0.717, 1.165) is 44.9 Å². The van der Waals surface area contributed by atoms with Crippen molar-refractivity contribution in [1.82, 2.24) is 5.32 Å². The molecule has 3 N–H and O–H groups in total. The van der Waals surface area contributed by atoms with E-state index in [4.69, 9.17) is 12.2 Å². The molecule has 0 aromatic rings. The number of aliphatic hydroxyl groups is 1. The number of rotatable bonds is 5. The number of nitrogens with one attached hydrogen (secondary N) is 1. The maximum absolute atomic E-state index is 13.1. The van der Waals surface area contributed by atoms with Gasteiger partial charge in [0, 0.05) is 6.42 Å². The number of aliphatic carboxylic acids is 1. The van der Waals surface area contributed by atoms with Crippen LogP contribution in [-0.2, 0) is 9.59 Å². The number of carbonyl (C=O) groups is 2. The minimum atomic E-state index is -0.614. The number of hydrogen-bond donors (Lipinski definition) is 3. The molecule has 4 aliphatic rings. The molecule has 32 heavy (non-hydrogen) atoms. The van der Waals surface area contributed by atoms with E-state index in [1.54, 1.807) is 0 Å². The Morgan fingerprint density at radius 3 is 2.44 bits per heavy atom. The van der Waals surface area contributed by atoms with Crippen LogP contribution >= 0.6 is 12.2 Å². The van der Waals surface area contributed by atoms with E-state index in [1.165, 1.54) is 0 Å². The molecule has 0 aromatic carbocycles. The number of ketones is 1. The second-order valence-corrected chi connectivity index (χ2v) is 12.6. The maximum atomic E-state index is 13.1.